The summed E-state index contributed by atoms with van der Waals surface area (Å²) < 4.78 is 16.4. The molecule has 34 heavy (non-hydrogen) atoms. The van der Waals surface area contributed by atoms with E-state index in [0.29, 0.717) is 29.2 Å². The van der Waals surface area contributed by atoms with Crippen LogP contribution < -0.4 is 19.6 Å². The molecule has 2 amide bonds. The Morgan fingerprint density at radius 1 is 0.941 bits per heavy atom. The van der Waals surface area contributed by atoms with Gasteiger partial charge in [0.25, 0.3) is 11.8 Å². The van der Waals surface area contributed by atoms with Crippen LogP contribution >= 0.6 is 0 Å². The molecular weight excluding hydrogens is 432 g/mol. The van der Waals surface area contributed by atoms with Crippen molar-refractivity contribution < 1.29 is 23.8 Å². The van der Waals surface area contributed by atoms with Gasteiger partial charge >= 0.3 is 0 Å². The SMILES string of the molecule is CCc1c(OC)cccc1C(=O)N(NC(CC)C(C)(C)C)C(=O)c1cc(OC)c(C)c(OC)c1. The molecule has 1 N–H and O–H groups in total. The van der Waals surface area contributed by atoms with E-state index < -0.39 is 11.8 Å². The van der Waals surface area contributed by atoms with Crippen molar-refractivity contribution in [2.45, 2.75) is 60.4 Å². The Hall–Kier alpha value is -3.06. The van der Waals surface area contributed by atoms with Crippen LogP contribution in [-0.4, -0.2) is 44.2 Å². The number of nitrogens with one attached hydrogen (secondary N) is 1. The van der Waals surface area contributed by atoms with Gasteiger partial charge in [-0.15, -0.1) is 0 Å². The smallest absolute Gasteiger partial charge is 0.275 e. The van der Waals surface area contributed by atoms with Crippen LogP contribution in [0.4, 0.5) is 0 Å². The number of hydrazine groups is 1. The molecule has 7 heteroatoms. The molecule has 1 atom stereocenters. The van der Waals surface area contributed by atoms with E-state index in [4.69, 9.17) is 14.2 Å². The lowest BCUT2D eigenvalue weighted by Gasteiger charge is -2.35. The number of ether oxygens (including phenoxy) is 3. The van der Waals surface area contributed by atoms with Crippen molar-refractivity contribution in [3.8, 4) is 17.2 Å². The van der Waals surface area contributed by atoms with Crippen LogP contribution in [0.25, 0.3) is 0 Å². The molecule has 1 unspecified atom stereocenters. The molecule has 0 fully saturated rings. The van der Waals surface area contributed by atoms with Crippen LogP contribution in [0.15, 0.2) is 30.3 Å². The highest BCUT2D eigenvalue weighted by molar-refractivity contribution is 6.11. The Kier molecular flexibility index (Phi) is 9.10. The van der Waals surface area contributed by atoms with E-state index in [-0.39, 0.29) is 17.0 Å². The second-order valence-corrected chi connectivity index (χ2v) is 9.25. The summed E-state index contributed by atoms with van der Waals surface area (Å²) in [5.41, 5.74) is 5.25. The highest BCUT2D eigenvalue weighted by atomic mass is 16.5. The number of benzene rings is 2. The number of hydrogen-bond donors (Lipinski definition) is 1. The lowest BCUT2D eigenvalue weighted by atomic mass is 9.85. The minimum atomic E-state index is -0.492. The third kappa shape index (κ3) is 5.70. The molecule has 7 nitrogen and oxygen atoms in total. The molecule has 0 heterocycles. The normalized spacial score (nSPS) is 12.1. The number of imide groups is 1. The zero-order valence-electron chi connectivity index (χ0n) is 21.9. The van der Waals surface area contributed by atoms with Gasteiger partial charge in [-0.3, -0.25) is 9.59 Å². The fourth-order valence-electron chi connectivity index (χ4n) is 4.04. The number of carbonyl (C=O) groups excluding carboxylic acids is 2. The maximum atomic E-state index is 13.9. The van der Waals surface area contributed by atoms with E-state index in [9.17, 15) is 9.59 Å². The molecule has 0 aromatic heterocycles. The molecule has 2 aromatic rings. The van der Waals surface area contributed by atoms with Crippen molar-refractivity contribution in [3.05, 3.63) is 52.6 Å². The number of methoxy groups -OCH3 is 3. The average molecular weight is 471 g/mol. The van der Waals surface area contributed by atoms with E-state index in [2.05, 4.69) is 26.2 Å². The Balaban J connectivity index is 2.66. The Morgan fingerprint density at radius 3 is 1.94 bits per heavy atom. The van der Waals surface area contributed by atoms with Gasteiger partial charge in [0, 0.05) is 28.3 Å². The summed E-state index contributed by atoms with van der Waals surface area (Å²) in [5, 5.41) is 1.12. The molecule has 186 valence electrons. The molecule has 0 aliphatic carbocycles. The second kappa shape index (κ2) is 11.4. The van der Waals surface area contributed by atoms with Crippen molar-refractivity contribution >= 4 is 11.8 Å². The van der Waals surface area contributed by atoms with E-state index in [0.717, 1.165) is 22.6 Å². The number of carbonyl (C=O) groups is 2. The Labute approximate surface area is 203 Å². The van der Waals surface area contributed by atoms with Gasteiger partial charge in [0.2, 0.25) is 0 Å². The highest BCUT2D eigenvalue weighted by Gasteiger charge is 2.33. The van der Waals surface area contributed by atoms with Gasteiger partial charge in [-0.2, -0.15) is 0 Å². The van der Waals surface area contributed by atoms with Gasteiger partial charge in [0.05, 0.1) is 21.3 Å². The molecule has 0 bridgehead atoms. The third-order valence-electron chi connectivity index (χ3n) is 6.08. The molecule has 0 saturated heterocycles. The largest absolute Gasteiger partial charge is 0.496 e. The van der Waals surface area contributed by atoms with Gasteiger partial charge in [-0.1, -0.05) is 40.7 Å². The van der Waals surface area contributed by atoms with Crippen LogP contribution in [0.2, 0.25) is 0 Å². The monoisotopic (exact) mass is 470 g/mol. The zero-order chi connectivity index (χ0) is 25.6. The number of amides is 2. The van der Waals surface area contributed by atoms with Crippen molar-refractivity contribution in [3.63, 3.8) is 0 Å². The zero-order valence-corrected chi connectivity index (χ0v) is 21.9. The van der Waals surface area contributed by atoms with Gasteiger partial charge < -0.3 is 14.2 Å². The molecule has 0 aliphatic rings. The minimum absolute atomic E-state index is 0.134. The van der Waals surface area contributed by atoms with Gasteiger partial charge in [-0.05, 0) is 49.4 Å². The fourth-order valence-corrected chi connectivity index (χ4v) is 4.04. The second-order valence-electron chi connectivity index (χ2n) is 9.25. The topological polar surface area (TPSA) is 77.1 Å². The van der Waals surface area contributed by atoms with Crippen LogP contribution in [0.1, 0.15) is 72.9 Å². The molecule has 0 saturated carbocycles. The number of rotatable bonds is 9. The van der Waals surface area contributed by atoms with Crippen LogP contribution in [0.5, 0.6) is 17.2 Å². The van der Waals surface area contributed by atoms with Crippen LogP contribution in [0.3, 0.4) is 0 Å². The summed E-state index contributed by atoms with van der Waals surface area (Å²) in [7, 11) is 4.64. The summed E-state index contributed by atoms with van der Waals surface area (Å²) in [6, 6.07) is 8.42. The van der Waals surface area contributed by atoms with E-state index >= 15 is 0 Å². The predicted octanol–water partition coefficient (Wildman–Crippen LogP) is 5.20. The first-order chi connectivity index (χ1) is 16.0. The first-order valence-corrected chi connectivity index (χ1v) is 11.6. The summed E-state index contributed by atoms with van der Waals surface area (Å²) >= 11 is 0. The van der Waals surface area contributed by atoms with Gasteiger partial charge in [0.1, 0.15) is 17.2 Å². The van der Waals surface area contributed by atoms with Gasteiger partial charge in [0.15, 0.2) is 0 Å². The molecule has 2 rings (SSSR count). The first kappa shape index (κ1) is 27.2. The Morgan fingerprint density at radius 2 is 1.50 bits per heavy atom. The third-order valence-corrected chi connectivity index (χ3v) is 6.08. The standard InChI is InChI=1S/C27H38N2O5/c1-10-19-20(13-12-14-21(19)32-7)26(31)29(28-24(11-2)27(4,5)6)25(30)18-15-22(33-8)17(3)23(16-18)34-9/h12-16,24,28H,10-11H2,1-9H3. The van der Waals surface area contributed by atoms with E-state index in [1.54, 1.807) is 31.4 Å². The van der Waals surface area contributed by atoms with Crippen molar-refractivity contribution in [1.82, 2.24) is 10.4 Å². The van der Waals surface area contributed by atoms with E-state index in [1.165, 1.54) is 14.2 Å². The summed E-state index contributed by atoms with van der Waals surface area (Å²) in [6.45, 7) is 12.0. The molecular formula is C27H38N2O5. The summed E-state index contributed by atoms with van der Waals surface area (Å²) in [6.07, 6.45) is 1.30. The maximum Gasteiger partial charge on any atom is 0.275 e. The van der Waals surface area contributed by atoms with Crippen molar-refractivity contribution in [1.29, 1.82) is 0 Å². The molecule has 0 radical (unpaired) electrons. The fraction of sp³-hybridized carbons (Fsp3) is 0.481. The van der Waals surface area contributed by atoms with Crippen LogP contribution in [0, 0.1) is 12.3 Å². The van der Waals surface area contributed by atoms with Crippen molar-refractivity contribution in [2.75, 3.05) is 21.3 Å². The number of hydrogen-bond acceptors (Lipinski definition) is 6. The lowest BCUT2D eigenvalue weighted by molar-refractivity contribution is 0.0429. The quantitative estimate of drug-likeness (QED) is 0.401. The molecule has 0 aliphatic heterocycles. The van der Waals surface area contributed by atoms with Crippen LogP contribution in [-0.2, 0) is 6.42 Å². The van der Waals surface area contributed by atoms with Gasteiger partial charge in [-0.25, -0.2) is 10.4 Å². The lowest BCUT2D eigenvalue weighted by Crippen LogP contribution is -2.55. The summed E-state index contributed by atoms with van der Waals surface area (Å²) in [5.74, 6) is 0.695. The Bertz CT molecular complexity index is 1000. The predicted molar refractivity (Wildman–Crippen MR) is 134 cm³/mol. The number of nitrogens with zero attached hydrogens (tertiary/aromatic N) is 1. The molecule has 2 aromatic carbocycles. The average Bonchev–Trinajstić information content (AvgIpc) is 2.82. The first-order valence-electron chi connectivity index (χ1n) is 11.6. The highest BCUT2D eigenvalue weighted by Crippen LogP contribution is 2.31. The minimum Gasteiger partial charge on any atom is -0.496 e. The summed E-state index contributed by atoms with van der Waals surface area (Å²) in [4.78, 5) is 27.7. The van der Waals surface area contributed by atoms with Crippen molar-refractivity contribution in [2.24, 2.45) is 5.41 Å². The van der Waals surface area contributed by atoms with E-state index in [1.807, 2.05) is 26.8 Å². The maximum absolute atomic E-state index is 13.9. The molecule has 0 spiro atoms.